The van der Waals surface area contributed by atoms with Crippen LogP contribution in [0.5, 0.6) is 0 Å². The van der Waals surface area contributed by atoms with Crippen LogP contribution in [0, 0.1) is 0 Å². The Kier molecular flexibility index (Phi) is 1.57. The van der Waals surface area contributed by atoms with Gasteiger partial charge in [-0.05, 0) is 0 Å². The molecule has 3 heteroatoms. The van der Waals surface area contributed by atoms with E-state index in [0.717, 1.165) is 5.65 Å². The summed E-state index contributed by atoms with van der Waals surface area (Å²) in [6.45, 7) is 4.33. The van der Waals surface area contributed by atoms with Crippen molar-refractivity contribution >= 4 is 5.65 Å². The molecule has 0 aliphatic rings. The molecule has 0 aliphatic carbocycles. The molecule has 3 nitrogen and oxygen atoms in total. The SMILES string of the molecule is CC(C)c1c[n+]2ccncc2[nH]1. The van der Waals surface area contributed by atoms with E-state index in [1.54, 1.807) is 6.20 Å². The second-order valence-electron chi connectivity index (χ2n) is 3.23. The van der Waals surface area contributed by atoms with Crippen LogP contribution in [0.15, 0.2) is 24.8 Å². The Bertz CT molecular complexity index is 356. The van der Waals surface area contributed by atoms with E-state index in [0.29, 0.717) is 5.92 Å². The van der Waals surface area contributed by atoms with E-state index >= 15 is 0 Å². The smallest absolute Gasteiger partial charge is 0.252 e. The molecule has 2 heterocycles. The molecule has 0 saturated heterocycles. The van der Waals surface area contributed by atoms with Crippen molar-refractivity contribution in [1.29, 1.82) is 0 Å². The lowest BCUT2D eigenvalue weighted by Gasteiger charge is -1.90. The van der Waals surface area contributed by atoms with Gasteiger partial charge in [0.25, 0.3) is 0 Å². The summed E-state index contributed by atoms with van der Waals surface area (Å²) in [7, 11) is 0. The Morgan fingerprint density at radius 1 is 1.50 bits per heavy atom. The maximum Gasteiger partial charge on any atom is 0.302 e. The molecule has 0 atom stereocenters. The minimum Gasteiger partial charge on any atom is -0.252 e. The van der Waals surface area contributed by atoms with E-state index in [-0.39, 0.29) is 0 Å². The number of hydrogen-bond donors (Lipinski definition) is 1. The Morgan fingerprint density at radius 2 is 2.33 bits per heavy atom. The topological polar surface area (TPSA) is 32.8 Å². The molecule has 0 spiro atoms. The van der Waals surface area contributed by atoms with E-state index < -0.39 is 0 Å². The summed E-state index contributed by atoms with van der Waals surface area (Å²) in [4.78, 5) is 7.33. The molecule has 2 rings (SSSR count). The Balaban J connectivity index is 2.62. The molecule has 0 radical (unpaired) electrons. The van der Waals surface area contributed by atoms with Crippen molar-refractivity contribution in [3.8, 4) is 0 Å². The fraction of sp³-hybridized carbons (Fsp3) is 0.333. The number of hydrogen-bond acceptors (Lipinski definition) is 1. The molecule has 0 unspecified atom stereocenters. The zero-order valence-electron chi connectivity index (χ0n) is 7.28. The molecule has 0 aliphatic heterocycles. The number of aromatic amines is 1. The number of nitrogens with zero attached hydrogens (tertiary/aromatic N) is 2. The Morgan fingerprint density at radius 3 is 3.00 bits per heavy atom. The monoisotopic (exact) mass is 162 g/mol. The molecular weight excluding hydrogens is 150 g/mol. The summed E-state index contributed by atoms with van der Waals surface area (Å²) in [5, 5.41) is 0. The third-order valence-electron chi connectivity index (χ3n) is 1.96. The van der Waals surface area contributed by atoms with Gasteiger partial charge in [-0.25, -0.2) is 4.98 Å². The van der Waals surface area contributed by atoms with Gasteiger partial charge < -0.3 is 0 Å². The van der Waals surface area contributed by atoms with E-state index in [1.165, 1.54) is 5.69 Å². The minimum atomic E-state index is 0.532. The molecule has 12 heavy (non-hydrogen) atoms. The number of fused-ring (bicyclic) bond motifs is 1. The van der Waals surface area contributed by atoms with Gasteiger partial charge in [-0.2, -0.15) is 4.40 Å². The first kappa shape index (κ1) is 7.28. The second kappa shape index (κ2) is 2.59. The molecule has 0 saturated carbocycles. The van der Waals surface area contributed by atoms with Gasteiger partial charge >= 0.3 is 5.65 Å². The fourth-order valence-corrected chi connectivity index (χ4v) is 1.20. The van der Waals surface area contributed by atoms with Crippen LogP contribution in [0.3, 0.4) is 0 Å². The molecule has 0 bridgehead atoms. The number of H-pyrrole nitrogens is 1. The molecular formula is C9H12N3+. The predicted octanol–water partition coefficient (Wildman–Crippen LogP) is 1.27. The lowest BCUT2D eigenvalue weighted by molar-refractivity contribution is -0.510. The summed E-state index contributed by atoms with van der Waals surface area (Å²) in [5.41, 5.74) is 2.28. The largest absolute Gasteiger partial charge is 0.302 e. The second-order valence-corrected chi connectivity index (χ2v) is 3.23. The van der Waals surface area contributed by atoms with Crippen LogP contribution < -0.4 is 4.40 Å². The van der Waals surface area contributed by atoms with E-state index in [2.05, 4.69) is 30.0 Å². The fourth-order valence-electron chi connectivity index (χ4n) is 1.20. The lowest BCUT2D eigenvalue weighted by atomic mass is 10.2. The van der Waals surface area contributed by atoms with Crippen molar-refractivity contribution in [2.75, 3.05) is 0 Å². The lowest BCUT2D eigenvalue weighted by Crippen LogP contribution is -2.16. The minimum absolute atomic E-state index is 0.532. The predicted molar refractivity (Wildman–Crippen MR) is 45.8 cm³/mol. The van der Waals surface area contributed by atoms with Crippen molar-refractivity contribution in [2.24, 2.45) is 0 Å². The van der Waals surface area contributed by atoms with Crippen LogP contribution in [-0.4, -0.2) is 9.97 Å². The highest BCUT2D eigenvalue weighted by molar-refractivity contribution is 5.26. The highest BCUT2D eigenvalue weighted by Crippen LogP contribution is 2.09. The standard InChI is InChI=1S/C9H11N3/c1-7(2)8-6-12-4-3-10-5-9(12)11-8/h3-7H,1-2H3/p+1. The van der Waals surface area contributed by atoms with Gasteiger partial charge in [-0.1, -0.05) is 13.8 Å². The van der Waals surface area contributed by atoms with Crippen LogP contribution in [0.25, 0.3) is 5.65 Å². The number of imidazole rings is 1. The van der Waals surface area contributed by atoms with Gasteiger partial charge in [0, 0.05) is 5.92 Å². The maximum atomic E-state index is 4.03. The molecule has 2 aromatic heterocycles. The normalized spacial score (nSPS) is 11.2. The summed E-state index contributed by atoms with van der Waals surface area (Å²) in [6.07, 6.45) is 7.65. The van der Waals surface area contributed by atoms with E-state index in [1.807, 2.05) is 16.8 Å². The highest BCUT2D eigenvalue weighted by atomic mass is 15.0. The molecule has 0 aromatic carbocycles. The first-order chi connectivity index (χ1) is 5.77. The van der Waals surface area contributed by atoms with Crippen molar-refractivity contribution < 1.29 is 4.40 Å². The van der Waals surface area contributed by atoms with Crippen molar-refractivity contribution in [2.45, 2.75) is 19.8 Å². The molecule has 0 amide bonds. The van der Waals surface area contributed by atoms with Gasteiger partial charge in [0.15, 0.2) is 0 Å². The zero-order valence-corrected chi connectivity index (χ0v) is 7.28. The van der Waals surface area contributed by atoms with Gasteiger partial charge in [0.05, 0.1) is 6.20 Å². The molecule has 1 N–H and O–H groups in total. The number of nitrogens with one attached hydrogen (secondary N) is 1. The van der Waals surface area contributed by atoms with E-state index in [9.17, 15) is 0 Å². The Hall–Kier alpha value is -1.38. The molecule has 0 fully saturated rings. The van der Waals surface area contributed by atoms with Crippen LogP contribution in [0.4, 0.5) is 0 Å². The number of rotatable bonds is 1. The first-order valence-corrected chi connectivity index (χ1v) is 4.11. The van der Waals surface area contributed by atoms with Gasteiger partial charge in [0.2, 0.25) is 0 Å². The third kappa shape index (κ3) is 1.07. The van der Waals surface area contributed by atoms with Crippen LogP contribution >= 0.6 is 0 Å². The van der Waals surface area contributed by atoms with Crippen molar-refractivity contribution in [1.82, 2.24) is 9.97 Å². The summed E-state index contributed by atoms with van der Waals surface area (Å²) < 4.78 is 2.04. The quantitative estimate of drug-likeness (QED) is 0.629. The van der Waals surface area contributed by atoms with Gasteiger partial charge in [0.1, 0.15) is 24.3 Å². The van der Waals surface area contributed by atoms with Crippen molar-refractivity contribution in [3.05, 3.63) is 30.5 Å². The maximum absolute atomic E-state index is 4.03. The summed E-state index contributed by atoms with van der Waals surface area (Å²) >= 11 is 0. The first-order valence-electron chi connectivity index (χ1n) is 4.11. The summed E-state index contributed by atoms with van der Waals surface area (Å²) in [5.74, 6) is 0.532. The van der Waals surface area contributed by atoms with Crippen LogP contribution in [0.2, 0.25) is 0 Å². The van der Waals surface area contributed by atoms with Gasteiger partial charge in [-0.3, -0.25) is 4.98 Å². The van der Waals surface area contributed by atoms with Gasteiger partial charge in [-0.15, -0.1) is 0 Å². The number of aromatic nitrogens is 3. The zero-order chi connectivity index (χ0) is 8.55. The Labute approximate surface area is 71.1 Å². The average molecular weight is 162 g/mol. The average Bonchev–Trinajstić information content (AvgIpc) is 2.46. The van der Waals surface area contributed by atoms with Crippen LogP contribution in [-0.2, 0) is 0 Å². The van der Waals surface area contributed by atoms with E-state index in [4.69, 9.17) is 0 Å². The van der Waals surface area contributed by atoms with Crippen LogP contribution in [0.1, 0.15) is 25.5 Å². The molecule has 2 aromatic rings. The molecule has 62 valence electrons. The van der Waals surface area contributed by atoms with Crippen molar-refractivity contribution in [3.63, 3.8) is 0 Å². The highest BCUT2D eigenvalue weighted by Gasteiger charge is 2.10. The summed E-state index contributed by atoms with van der Waals surface area (Å²) in [6, 6.07) is 0. The third-order valence-corrected chi connectivity index (χ3v) is 1.96.